The summed E-state index contributed by atoms with van der Waals surface area (Å²) in [7, 11) is 3.58. The van der Waals surface area contributed by atoms with Crippen LogP contribution >= 0.6 is 0 Å². The normalized spacial score (nSPS) is 35.6. The Kier molecular flexibility index (Phi) is 3.13. The molecule has 22 heavy (non-hydrogen) atoms. The van der Waals surface area contributed by atoms with E-state index in [0.717, 1.165) is 11.8 Å². The molecule has 4 aliphatic carbocycles. The van der Waals surface area contributed by atoms with Crippen molar-refractivity contribution in [3.05, 3.63) is 18.0 Å². The number of likely N-dealkylation sites (N-methyl/N-ethyl adjacent to an activating group) is 1. The highest BCUT2D eigenvalue weighted by Gasteiger charge is 2.50. The van der Waals surface area contributed by atoms with Gasteiger partial charge in [0.2, 0.25) is 0 Å². The number of carbonyl (C=O) groups is 2. The standard InChI is InChI=1S/C17H23N3O2/c1-19-9-14(8-18-19)16(21)17(22)20(2)15-12-4-10-3-11(6-12)7-13(15)5-10/h8-13,15H,3-7H2,1-2H3. The van der Waals surface area contributed by atoms with Crippen LogP contribution in [0.2, 0.25) is 0 Å². The van der Waals surface area contributed by atoms with Gasteiger partial charge in [-0.3, -0.25) is 14.3 Å². The SMILES string of the molecule is CN(C(=O)C(=O)c1cnn(C)c1)C1C2CC3CC(C2)CC1C3. The number of carbonyl (C=O) groups excluding carboxylic acids is 2. The molecule has 1 heterocycles. The van der Waals surface area contributed by atoms with Gasteiger partial charge in [-0.15, -0.1) is 0 Å². The van der Waals surface area contributed by atoms with Gasteiger partial charge in [-0.25, -0.2) is 0 Å². The van der Waals surface area contributed by atoms with Gasteiger partial charge >= 0.3 is 0 Å². The van der Waals surface area contributed by atoms with E-state index >= 15 is 0 Å². The van der Waals surface area contributed by atoms with Crippen LogP contribution in [0.5, 0.6) is 0 Å². The first kappa shape index (κ1) is 14.0. The van der Waals surface area contributed by atoms with Gasteiger partial charge in [0.15, 0.2) is 0 Å². The molecule has 0 saturated heterocycles. The number of Topliss-reactive ketones (excluding diaryl/α,β-unsaturated/α-hetero) is 1. The summed E-state index contributed by atoms with van der Waals surface area (Å²) in [5.41, 5.74) is 0.392. The lowest BCUT2D eigenvalue weighted by Gasteiger charge is -2.56. The number of nitrogens with zero attached hydrogens (tertiary/aromatic N) is 3. The van der Waals surface area contributed by atoms with Crippen molar-refractivity contribution in [2.75, 3.05) is 7.05 Å². The van der Waals surface area contributed by atoms with Crippen LogP contribution < -0.4 is 0 Å². The zero-order chi connectivity index (χ0) is 15.4. The number of ketones is 1. The van der Waals surface area contributed by atoms with Crippen LogP contribution in [0.15, 0.2) is 12.4 Å². The van der Waals surface area contributed by atoms with Crippen molar-refractivity contribution >= 4 is 11.7 Å². The highest BCUT2D eigenvalue weighted by molar-refractivity contribution is 6.42. The molecule has 1 aromatic heterocycles. The molecule has 4 fully saturated rings. The number of aromatic nitrogens is 2. The molecule has 1 amide bonds. The third-order valence-electron chi connectivity index (χ3n) is 6.11. The molecular weight excluding hydrogens is 278 g/mol. The molecule has 4 aliphatic rings. The van der Waals surface area contributed by atoms with Crippen LogP contribution in [0.3, 0.4) is 0 Å². The lowest BCUT2D eigenvalue weighted by molar-refractivity contribution is -0.136. The first-order valence-corrected chi connectivity index (χ1v) is 8.33. The Morgan fingerprint density at radius 3 is 2.23 bits per heavy atom. The zero-order valence-electron chi connectivity index (χ0n) is 13.2. The van der Waals surface area contributed by atoms with Gasteiger partial charge in [-0.1, -0.05) is 0 Å². The molecule has 5 rings (SSSR count). The monoisotopic (exact) mass is 301 g/mol. The molecule has 118 valence electrons. The Morgan fingerprint density at radius 1 is 1.14 bits per heavy atom. The summed E-state index contributed by atoms with van der Waals surface area (Å²) in [4.78, 5) is 26.8. The smallest absolute Gasteiger partial charge is 0.295 e. The van der Waals surface area contributed by atoms with Gasteiger partial charge in [0.1, 0.15) is 0 Å². The van der Waals surface area contributed by atoms with Crippen molar-refractivity contribution in [2.45, 2.75) is 38.1 Å². The summed E-state index contributed by atoms with van der Waals surface area (Å²) in [6.45, 7) is 0. The average Bonchev–Trinajstić information content (AvgIpc) is 2.91. The zero-order valence-corrected chi connectivity index (χ0v) is 13.2. The number of aryl methyl sites for hydroxylation is 1. The van der Waals surface area contributed by atoms with Crippen LogP contribution in [-0.2, 0) is 11.8 Å². The predicted molar refractivity (Wildman–Crippen MR) is 81.1 cm³/mol. The largest absolute Gasteiger partial charge is 0.335 e. The summed E-state index contributed by atoms with van der Waals surface area (Å²) in [6, 6.07) is 0.265. The summed E-state index contributed by atoms with van der Waals surface area (Å²) in [5.74, 6) is 2.15. The molecule has 1 aromatic rings. The van der Waals surface area contributed by atoms with E-state index in [9.17, 15) is 9.59 Å². The van der Waals surface area contributed by atoms with E-state index in [4.69, 9.17) is 0 Å². The van der Waals surface area contributed by atoms with Gasteiger partial charge in [0.05, 0.1) is 11.8 Å². The maximum atomic E-state index is 12.6. The summed E-state index contributed by atoms with van der Waals surface area (Å²) in [6.07, 6.45) is 9.47. The van der Waals surface area contributed by atoms with E-state index in [1.54, 1.807) is 22.8 Å². The Labute approximate surface area is 130 Å². The minimum atomic E-state index is -0.426. The topological polar surface area (TPSA) is 55.2 Å². The maximum Gasteiger partial charge on any atom is 0.295 e. The number of amides is 1. The lowest BCUT2D eigenvalue weighted by atomic mass is 9.54. The van der Waals surface area contributed by atoms with Crippen molar-refractivity contribution < 1.29 is 9.59 Å². The number of hydrogen-bond acceptors (Lipinski definition) is 3. The van der Waals surface area contributed by atoms with E-state index in [0.29, 0.717) is 17.4 Å². The molecule has 4 bridgehead atoms. The van der Waals surface area contributed by atoms with Crippen molar-refractivity contribution in [2.24, 2.45) is 30.7 Å². The van der Waals surface area contributed by atoms with Gasteiger partial charge < -0.3 is 4.90 Å². The van der Waals surface area contributed by atoms with Crippen molar-refractivity contribution in [1.82, 2.24) is 14.7 Å². The Morgan fingerprint density at radius 2 is 1.73 bits per heavy atom. The van der Waals surface area contributed by atoms with Crippen LogP contribution in [-0.4, -0.2) is 39.5 Å². The number of hydrogen-bond donors (Lipinski definition) is 0. The first-order chi connectivity index (χ1) is 10.5. The number of rotatable bonds is 3. The highest BCUT2D eigenvalue weighted by atomic mass is 16.2. The quantitative estimate of drug-likeness (QED) is 0.633. The molecule has 5 heteroatoms. The molecule has 0 unspecified atom stereocenters. The first-order valence-electron chi connectivity index (χ1n) is 8.33. The average molecular weight is 301 g/mol. The second-order valence-electron chi connectivity index (χ2n) is 7.57. The Hall–Kier alpha value is -1.65. The van der Waals surface area contributed by atoms with E-state index < -0.39 is 5.78 Å². The van der Waals surface area contributed by atoms with Crippen LogP contribution in [0.1, 0.15) is 42.5 Å². The fourth-order valence-electron chi connectivity index (χ4n) is 5.49. The van der Waals surface area contributed by atoms with Crippen molar-refractivity contribution in [3.63, 3.8) is 0 Å². The third kappa shape index (κ3) is 2.09. The molecule has 0 spiro atoms. The van der Waals surface area contributed by atoms with E-state index in [1.807, 2.05) is 7.05 Å². The minimum absolute atomic E-state index is 0.265. The van der Waals surface area contributed by atoms with Gasteiger partial charge in [-0.2, -0.15) is 5.10 Å². The fourth-order valence-corrected chi connectivity index (χ4v) is 5.49. The molecule has 0 N–H and O–H groups in total. The minimum Gasteiger partial charge on any atom is -0.335 e. The fraction of sp³-hybridized carbons (Fsp3) is 0.706. The highest BCUT2D eigenvalue weighted by Crippen LogP contribution is 2.54. The van der Waals surface area contributed by atoms with Crippen LogP contribution in [0.4, 0.5) is 0 Å². The molecule has 5 nitrogen and oxygen atoms in total. The molecular formula is C17H23N3O2. The second-order valence-corrected chi connectivity index (χ2v) is 7.57. The van der Waals surface area contributed by atoms with Crippen LogP contribution in [0.25, 0.3) is 0 Å². The molecule has 0 aliphatic heterocycles. The van der Waals surface area contributed by atoms with Gasteiger partial charge in [0, 0.05) is 26.3 Å². The summed E-state index contributed by atoms with van der Waals surface area (Å²) in [5, 5.41) is 3.99. The molecule has 0 aromatic carbocycles. The molecule has 0 atom stereocenters. The maximum absolute atomic E-state index is 12.6. The van der Waals surface area contributed by atoms with Crippen molar-refractivity contribution in [3.8, 4) is 0 Å². The van der Waals surface area contributed by atoms with Gasteiger partial charge in [0.25, 0.3) is 11.7 Å². The Balaban J connectivity index is 1.53. The van der Waals surface area contributed by atoms with Gasteiger partial charge in [-0.05, 0) is 55.8 Å². The summed E-state index contributed by atoms with van der Waals surface area (Å²) >= 11 is 0. The third-order valence-corrected chi connectivity index (χ3v) is 6.11. The van der Waals surface area contributed by atoms with Crippen LogP contribution in [0, 0.1) is 23.7 Å². The van der Waals surface area contributed by atoms with E-state index in [-0.39, 0.29) is 11.9 Å². The van der Waals surface area contributed by atoms with E-state index in [2.05, 4.69) is 5.10 Å². The second kappa shape index (κ2) is 4.93. The molecule has 4 saturated carbocycles. The molecule has 0 radical (unpaired) electrons. The summed E-state index contributed by atoms with van der Waals surface area (Å²) < 4.78 is 1.56. The lowest BCUT2D eigenvalue weighted by Crippen LogP contribution is -2.57. The van der Waals surface area contributed by atoms with E-state index in [1.165, 1.54) is 38.3 Å². The predicted octanol–water partition coefficient (Wildman–Crippen LogP) is 1.89. The van der Waals surface area contributed by atoms with Crippen molar-refractivity contribution in [1.29, 1.82) is 0 Å². The Bertz CT molecular complexity index is 593.